The van der Waals surface area contributed by atoms with Gasteiger partial charge in [-0.25, -0.2) is 14.0 Å². The molecule has 0 bridgehead atoms. The molecule has 0 radical (unpaired) electrons. The van der Waals surface area contributed by atoms with Crippen molar-refractivity contribution in [1.82, 2.24) is 0 Å². The Morgan fingerprint density at radius 3 is 2.54 bits per heavy atom. The van der Waals surface area contributed by atoms with Crippen molar-refractivity contribution in [2.75, 3.05) is 17.2 Å². The molecule has 0 aliphatic carbocycles. The van der Waals surface area contributed by atoms with Gasteiger partial charge in [0.05, 0.1) is 5.69 Å². The predicted octanol–water partition coefficient (Wildman–Crippen LogP) is 5.05. The Kier molecular flexibility index (Phi) is 5.07. The standard InChI is InChI=1S/C17H11ClF4N2O4/c18-9-1-6-13-12(7-9)16(17(20,21)22,28-15(26)24-13)8-27-14(25)23-11-4-2-10(19)3-5-11/h1-7H,8H2,(H,23,25)(H,24,26). The minimum absolute atomic E-state index is 0.0390. The molecule has 2 aromatic carbocycles. The van der Waals surface area contributed by atoms with Crippen molar-refractivity contribution in [1.29, 1.82) is 0 Å². The first-order valence-corrected chi connectivity index (χ1v) is 8.05. The van der Waals surface area contributed by atoms with E-state index in [1.807, 2.05) is 0 Å². The molecular weight excluding hydrogens is 408 g/mol. The third-order valence-electron chi connectivity index (χ3n) is 3.88. The van der Waals surface area contributed by atoms with E-state index in [0.717, 1.165) is 18.2 Å². The number of carbonyl (C=O) groups excluding carboxylic acids is 2. The summed E-state index contributed by atoms with van der Waals surface area (Å²) >= 11 is 5.79. The van der Waals surface area contributed by atoms with Gasteiger partial charge >= 0.3 is 18.4 Å². The summed E-state index contributed by atoms with van der Waals surface area (Å²) in [5.74, 6) is -0.565. The topological polar surface area (TPSA) is 76.7 Å². The molecule has 0 fully saturated rings. The molecule has 2 amide bonds. The van der Waals surface area contributed by atoms with Gasteiger partial charge in [-0.05, 0) is 42.5 Å². The first kappa shape index (κ1) is 19.7. The van der Waals surface area contributed by atoms with Crippen molar-refractivity contribution in [3.8, 4) is 0 Å². The van der Waals surface area contributed by atoms with Crippen LogP contribution in [-0.2, 0) is 15.1 Å². The molecule has 0 spiro atoms. The highest BCUT2D eigenvalue weighted by molar-refractivity contribution is 6.30. The van der Waals surface area contributed by atoms with Gasteiger partial charge < -0.3 is 9.47 Å². The van der Waals surface area contributed by atoms with Gasteiger partial charge in [-0.3, -0.25) is 10.6 Å². The highest BCUT2D eigenvalue weighted by Crippen LogP contribution is 2.48. The van der Waals surface area contributed by atoms with Crippen molar-refractivity contribution in [3.05, 3.63) is 58.9 Å². The highest BCUT2D eigenvalue weighted by atomic mass is 35.5. The van der Waals surface area contributed by atoms with Crippen molar-refractivity contribution in [2.45, 2.75) is 11.8 Å². The van der Waals surface area contributed by atoms with Crippen molar-refractivity contribution in [3.63, 3.8) is 0 Å². The van der Waals surface area contributed by atoms with Crippen LogP contribution >= 0.6 is 11.6 Å². The fourth-order valence-electron chi connectivity index (χ4n) is 2.56. The summed E-state index contributed by atoms with van der Waals surface area (Å²) in [7, 11) is 0. The van der Waals surface area contributed by atoms with Crippen molar-refractivity contribution in [2.24, 2.45) is 0 Å². The maximum atomic E-state index is 13.9. The van der Waals surface area contributed by atoms with Crippen LogP contribution in [0, 0.1) is 5.82 Å². The lowest BCUT2D eigenvalue weighted by atomic mass is 9.90. The Morgan fingerprint density at radius 2 is 1.89 bits per heavy atom. The maximum absolute atomic E-state index is 13.9. The summed E-state index contributed by atoms with van der Waals surface area (Å²) in [6, 6.07) is 7.89. The van der Waals surface area contributed by atoms with Crippen molar-refractivity contribution >= 4 is 35.2 Å². The molecule has 2 N–H and O–H groups in total. The third-order valence-corrected chi connectivity index (χ3v) is 4.11. The zero-order chi connectivity index (χ0) is 20.5. The average molecular weight is 419 g/mol. The number of hydrogen-bond donors (Lipinski definition) is 2. The predicted molar refractivity (Wildman–Crippen MR) is 90.7 cm³/mol. The Morgan fingerprint density at radius 1 is 1.21 bits per heavy atom. The van der Waals surface area contributed by atoms with Gasteiger partial charge in [-0.1, -0.05) is 11.6 Å². The summed E-state index contributed by atoms with van der Waals surface area (Å²) in [6.45, 7) is -1.36. The number of hydrogen-bond acceptors (Lipinski definition) is 4. The molecule has 1 heterocycles. The average Bonchev–Trinajstić information content (AvgIpc) is 2.61. The molecule has 6 nitrogen and oxygen atoms in total. The fraction of sp³-hybridized carbons (Fsp3) is 0.176. The summed E-state index contributed by atoms with van der Waals surface area (Å²) in [6.07, 6.45) is -7.75. The van der Waals surface area contributed by atoms with E-state index < -0.39 is 42.0 Å². The summed E-state index contributed by atoms with van der Waals surface area (Å²) in [4.78, 5) is 23.6. The van der Waals surface area contributed by atoms with Gasteiger partial charge in [0, 0.05) is 16.3 Å². The highest BCUT2D eigenvalue weighted by Gasteiger charge is 2.63. The Bertz CT molecular complexity index is 920. The van der Waals surface area contributed by atoms with Crippen LogP contribution in [0.15, 0.2) is 42.5 Å². The molecule has 2 aromatic rings. The normalized spacial score (nSPS) is 18.5. The number of anilines is 2. The van der Waals surface area contributed by atoms with E-state index in [4.69, 9.17) is 11.6 Å². The summed E-state index contributed by atoms with van der Waals surface area (Å²) < 4.78 is 63.8. The number of alkyl halides is 3. The first-order valence-electron chi connectivity index (χ1n) is 7.67. The van der Waals surface area contributed by atoms with Crippen LogP contribution in [0.1, 0.15) is 5.56 Å². The lowest BCUT2D eigenvalue weighted by molar-refractivity contribution is -0.274. The second-order valence-corrected chi connectivity index (χ2v) is 6.17. The van der Waals surface area contributed by atoms with Crippen LogP contribution in [-0.4, -0.2) is 25.0 Å². The minimum atomic E-state index is -5.12. The number of fused-ring (bicyclic) bond motifs is 1. The van der Waals surface area contributed by atoms with Crippen LogP contribution in [0.4, 0.5) is 38.5 Å². The van der Waals surface area contributed by atoms with E-state index >= 15 is 0 Å². The number of nitrogens with one attached hydrogen (secondary N) is 2. The van der Waals surface area contributed by atoms with E-state index in [-0.39, 0.29) is 16.4 Å². The van der Waals surface area contributed by atoms with E-state index in [1.165, 1.54) is 24.3 Å². The second-order valence-electron chi connectivity index (χ2n) is 5.74. The molecule has 1 aliphatic heterocycles. The number of ether oxygens (including phenoxy) is 2. The molecule has 11 heteroatoms. The van der Waals surface area contributed by atoms with E-state index in [1.54, 1.807) is 0 Å². The van der Waals surface area contributed by atoms with Crippen LogP contribution in [0.3, 0.4) is 0 Å². The molecule has 28 heavy (non-hydrogen) atoms. The van der Waals surface area contributed by atoms with Crippen LogP contribution in [0.5, 0.6) is 0 Å². The lowest BCUT2D eigenvalue weighted by Gasteiger charge is -2.38. The number of halogens is 5. The zero-order valence-electron chi connectivity index (χ0n) is 13.8. The molecule has 3 rings (SSSR count). The van der Waals surface area contributed by atoms with E-state index in [9.17, 15) is 27.2 Å². The number of rotatable bonds is 3. The van der Waals surface area contributed by atoms with Gasteiger partial charge in [0.15, 0.2) is 0 Å². The SMILES string of the molecule is O=C(Nc1ccc(F)cc1)OCC1(C(F)(F)F)OC(=O)Nc2ccc(Cl)cc21. The first-order chi connectivity index (χ1) is 13.1. The summed E-state index contributed by atoms with van der Waals surface area (Å²) in [5, 5.41) is 4.24. The number of cyclic esters (lactones) is 1. The molecule has 148 valence electrons. The quantitative estimate of drug-likeness (QED) is 0.684. The van der Waals surface area contributed by atoms with Crippen LogP contribution < -0.4 is 10.6 Å². The molecule has 0 saturated heterocycles. The van der Waals surface area contributed by atoms with E-state index in [2.05, 4.69) is 20.1 Å². The zero-order valence-corrected chi connectivity index (χ0v) is 14.5. The van der Waals surface area contributed by atoms with Gasteiger partial charge in [0.2, 0.25) is 0 Å². The lowest BCUT2D eigenvalue weighted by Crippen LogP contribution is -2.53. The Hall–Kier alpha value is -3.01. The van der Waals surface area contributed by atoms with Crippen LogP contribution in [0.25, 0.3) is 0 Å². The van der Waals surface area contributed by atoms with Crippen LogP contribution in [0.2, 0.25) is 5.02 Å². The molecule has 1 atom stereocenters. The summed E-state index contributed by atoms with van der Waals surface area (Å²) in [5.41, 5.74) is -3.85. The largest absolute Gasteiger partial charge is 0.444 e. The van der Waals surface area contributed by atoms with Crippen molar-refractivity contribution < 1.29 is 36.6 Å². The Labute approximate surface area is 160 Å². The number of carbonyl (C=O) groups is 2. The minimum Gasteiger partial charge on any atom is -0.444 e. The fourth-order valence-corrected chi connectivity index (χ4v) is 2.73. The monoisotopic (exact) mass is 418 g/mol. The molecular formula is C17H11ClF4N2O4. The van der Waals surface area contributed by atoms with Gasteiger partial charge in [-0.15, -0.1) is 0 Å². The second kappa shape index (κ2) is 7.19. The molecule has 1 unspecified atom stereocenters. The smallest absolute Gasteiger partial charge is 0.436 e. The van der Waals surface area contributed by atoms with Gasteiger partial charge in [-0.2, -0.15) is 13.2 Å². The van der Waals surface area contributed by atoms with Gasteiger partial charge in [0.25, 0.3) is 5.60 Å². The third kappa shape index (κ3) is 3.81. The molecule has 0 saturated carbocycles. The molecule has 0 aromatic heterocycles. The number of benzene rings is 2. The number of amides is 2. The van der Waals surface area contributed by atoms with E-state index in [0.29, 0.717) is 0 Å². The Balaban J connectivity index is 1.87. The maximum Gasteiger partial charge on any atom is 0.436 e. The van der Waals surface area contributed by atoms with Gasteiger partial charge in [0.1, 0.15) is 12.4 Å². The molecule has 1 aliphatic rings.